The van der Waals surface area contributed by atoms with Crippen LogP contribution in [0, 0.1) is 0 Å². The summed E-state index contributed by atoms with van der Waals surface area (Å²) in [6, 6.07) is 18.5. The molecule has 1 saturated heterocycles. The molecule has 1 heterocycles. The lowest BCUT2D eigenvalue weighted by atomic mass is 10.1. The molecule has 0 N–H and O–H groups in total. The highest BCUT2D eigenvalue weighted by Gasteiger charge is 2.36. The van der Waals surface area contributed by atoms with Crippen molar-refractivity contribution in [2.24, 2.45) is 4.99 Å². The molecule has 1 amide bonds. The fraction of sp³-hybridized carbons (Fsp3) is 0.200. The second kappa shape index (κ2) is 11.0. The van der Waals surface area contributed by atoms with E-state index in [1.54, 1.807) is 31.2 Å². The number of methoxy groups -OCH3 is 1. The summed E-state index contributed by atoms with van der Waals surface area (Å²) in [7, 11) is 3.37. The molecule has 176 valence electrons. The summed E-state index contributed by atoms with van der Waals surface area (Å²) in [6.45, 7) is 0.292. The Balaban J connectivity index is 1.50. The standard InChI is InChI=1S/C25H21BrCl2N2O3S/c1-30-24(31)23(34-25(30)29-19-6-8-20(32-2)9-7-19)12-16-11-17(26)4-10-22(16)33-14-15-3-5-18(27)13-21(15)28/h3-11,13,23H,12,14H2,1-2H3/t23-/m1/s1. The van der Waals surface area contributed by atoms with E-state index in [1.165, 1.54) is 11.8 Å². The van der Waals surface area contributed by atoms with Crippen LogP contribution in [0.25, 0.3) is 0 Å². The molecule has 0 radical (unpaired) electrons. The van der Waals surface area contributed by atoms with Gasteiger partial charge in [0.2, 0.25) is 5.91 Å². The topological polar surface area (TPSA) is 51.1 Å². The molecule has 9 heteroatoms. The minimum absolute atomic E-state index is 0.00364. The van der Waals surface area contributed by atoms with Crippen molar-refractivity contribution in [3.05, 3.63) is 86.3 Å². The van der Waals surface area contributed by atoms with E-state index in [0.29, 0.717) is 34.0 Å². The Hall–Kier alpha value is -2.19. The molecule has 1 aliphatic rings. The first-order valence-corrected chi connectivity index (χ1v) is 12.8. The Morgan fingerprint density at radius 3 is 2.53 bits per heavy atom. The second-order valence-corrected chi connectivity index (χ2v) is 10.5. The van der Waals surface area contributed by atoms with Crippen LogP contribution in [-0.2, 0) is 17.8 Å². The molecule has 0 saturated carbocycles. The van der Waals surface area contributed by atoms with E-state index in [0.717, 1.165) is 27.0 Å². The molecule has 0 spiro atoms. The molecule has 0 aromatic heterocycles. The number of amides is 1. The highest BCUT2D eigenvalue weighted by atomic mass is 79.9. The zero-order valence-corrected chi connectivity index (χ0v) is 22.3. The molecular weight excluding hydrogens is 559 g/mol. The minimum atomic E-state index is -0.308. The highest BCUT2D eigenvalue weighted by Crippen LogP contribution is 2.34. The van der Waals surface area contributed by atoms with Gasteiger partial charge in [0, 0.05) is 27.1 Å². The van der Waals surface area contributed by atoms with Crippen LogP contribution in [0.5, 0.6) is 11.5 Å². The Kier molecular flexibility index (Phi) is 8.09. The van der Waals surface area contributed by atoms with Gasteiger partial charge in [0.05, 0.1) is 18.0 Å². The number of nitrogens with zero attached hydrogens (tertiary/aromatic N) is 2. The van der Waals surface area contributed by atoms with E-state index < -0.39 is 0 Å². The summed E-state index contributed by atoms with van der Waals surface area (Å²) in [6.07, 6.45) is 0.499. The van der Waals surface area contributed by atoms with Gasteiger partial charge in [-0.15, -0.1) is 0 Å². The summed E-state index contributed by atoms with van der Waals surface area (Å²) < 4.78 is 12.2. The van der Waals surface area contributed by atoms with Gasteiger partial charge >= 0.3 is 0 Å². The van der Waals surface area contributed by atoms with E-state index in [4.69, 9.17) is 32.7 Å². The number of ether oxygens (including phenoxy) is 2. The van der Waals surface area contributed by atoms with Crippen LogP contribution in [0.1, 0.15) is 11.1 Å². The molecule has 34 heavy (non-hydrogen) atoms. The maximum atomic E-state index is 13.0. The Morgan fingerprint density at radius 1 is 1.06 bits per heavy atom. The van der Waals surface area contributed by atoms with Crippen LogP contribution in [0.3, 0.4) is 0 Å². The number of carbonyl (C=O) groups is 1. The van der Waals surface area contributed by atoms with Crippen molar-refractivity contribution in [1.82, 2.24) is 4.90 Å². The van der Waals surface area contributed by atoms with E-state index in [1.807, 2.05) is 48.5 Å². The Labute approximate surface area is 221 Å². The molecule has 0 bridgehead atoms. The van der Waals surface area contributed by atoms with Gasteiger partial charge in [-0.1, -0.05) is 57.0 Å². The van der Waals surface area contributed by atoms with Crippen molar-refractivity contribution >= 4 is 67.7 Å². The predicted molar refractivity (Wildman–Crippen MR) is 143 cm³/mol. The fourth-order valence-corrected chi connectivity index (χ4v) is 5.46. The van der Waals surface area contributed by atoms with Gasteiger partial charge < -0.3 is 9.47 Å². The van der Waals surface area contributed by atoms with E-state index in [-0.39, 0.29) is 11.2 Å². The molecule has 1 aliphatic heterocycles. The van der Waals surface area contributed by atoms with Crippen molar-refractivity contribution in [3.8, 4) is 11.5 Å². The van der Waals surface area contributed by atoms with Gasteiger partial charge in [-0.05, 0) is 66.6 Å². The summed E-state index contributed by atoms with van der Waals surface area (Å²) in [5, 5.41) is 1.48. The lowest BCUT2D eigenvalue weighted by Gasteiger charge is -2.15. The molecule has 3 aromatic carbocycles. The number of hydrogen-bond acceptors (Lipinski definition) is 5. The van der Waals surface area contributed by atoms with Gasteiger partial charge in [0.25, 0.3) is 0 Å². The van der Waals surface area contributed by atoms with Crippen molar-refractivity contribution in [2.75, 3.05) is 14.2 Å². The Morgan fingerprint density at radius 2 is 1.82 bits per heavy atom. The largest absolute Gasteiger partial charge is 0.497 e. The monoisotopic (exact) mass is 578 g/mol. The van der Waals surface area contributed by atoms with E-state index in [9.17, 15) is 4.79 Å². The van der Waals surface area contributed by atoms with Crippen LogP contribution in [-0.4, -0.2) is 35.4 Å². The molecular formula is C25H21BrCl2N2O3S. The first-order chi connectivity index (χ1) is 16.3. The maximum Gasteiger partial charge on any atom is 0.242 e. The average Bonchev–Trinajstić information content (AvgIpc) is 3.07. The number of halogens is 3. The number of aliphatic imine (C=N–C) groups is 1. The summed E-state index contributed by atoms with van der Waals surface area (Å²) >= 11 is 17.3. The minimum Gasteiger partial charge on any atom is -0.497 e. The van der Waals surface area contributed by atoms with Crippen molar-refractivity contribution in [3.63, 3.8) is 0 Å². The van der Waals surface area contributed by atoms with Crippen molar-refractivity contribution < 1.29 is 14.3 Å². The van der Waals surface area contributed by atoms with Crippen LogP contribution in [0.4, 0.5) is 5.69 Å². The lowest BCUT2D eigenvalue weighted by Crippen LogP contribution is -2.28. The van der Waals surface area contributed by atoms with Crippen molar-refractivity contribution in [1.29, 1.82) is 0 Å². The van der Waals surface area contributed by atoms with Crippen LogP contribution in [0.2, 0.25) is 10.0 Å². The first-order valence-electron chi connectivity index (χ1n) is 10.4. The zero-order valence-electron chi connectivity index (χ0n) is 18.4. The molecule has 0 unspecified atom stereocenters. The van der Waals surface area contributed by atoms with Gasteiger partial charge in [0.15, 0.2) is 5.17 Å². The Bertz CT molecular complexity index is 1240. The smallest absolute Gasteiger partial charge is 0.242 e. The fourth-order valence-electron chi connectivity index (χ4n) is 3.41. The number of hydrogen-bond donors (Lipinski definition) is 0. The average molecular weight is 580 g/mol. The van der Waals surface area contributed by atoms with Crippen LogP contribution >= 0.6 is 50.9 Å². The SMILES string of the molecule is COc1ccc(N=C2S[C@H](Cc3cc(Br)ccc3OCc3ccc(Cl)cc3Cl)C(=O)N2C)cc1. The van der Waals surface area contributed by atoms with Gasteiger partial charge in [-0.25, -0.2) is 4.99 Å². The van der Waals surface area contributed by atoms with E-state index >= 15 is 0 Å². The molecule has 0 aliphatic carbocycles. The number of amidine groups is 1. The van der Waals surface area contributed by atoms with Gasteiger partial charge in [-0.3, -0.25) is 9.69 Å². The molecule has 5 nitrogen and oxygen atoms in total. The third kappa shape index (κ3) is 5.89. The number of carbonyl (C=O) groups excluding carboxylic acids is 1. The number of rotatable bonds is 7. The quantitative estimate of drug-likeness (QED) is 0.298. The summed E-state index contributed by atoms with van der Waals surface area (Å²) in [4.78, 5) is 19.2. The van der Waals surface area contributed by atoms with Crippen LogP contribution in [0.15, 0.2) is 70.1 Å². The van der Waals surface area contributed by atoms with Crippen molar-refractivity contribution in [2.45, 2.75) is 18.3 Å². The zero-order chi connectivity index (χ0) is 24.2. The normalized spacial score (nSPS) is 16.9. The number of benzene rings is 3. The third-order valence-corrected chi connectivity index (χ3v) is 7.57. The highest BCUT2D eigenvalue weighted by molar-refractivity contribution is 9.10. The molecule has 4 rings (SSSR count). The second-order valence-electron chi connectivity index (χ2n) is 7.58. The van der Waals surface area contributed by atoms with E-state index in [2.05, 4.69) is 20.9 Å². The first kappa shape index (κ1) is 24.9. The lowest BCUT2D eigenvalue weighted by molar-refractivity contribution is -0.125. The molecule has 3 aromatic rings. The summed E-state index contributed by atoms with van der Waals surface area (Å²) in [5.41, 5.74) is 2.51. The molecule has 1 atom stereocenters. The van der Waals surface area contributed by atoms with Crippen LogP contribution < -0.4 is 9.47 Å². The third-order valence-electron chi connectivity index (χ3n) is 5.26. The number of thioether (sulfide) groups is 1. The summed E-state index contributed by atoms with van der Waals surface area (Å²) in [5.74, 6) is 1.46. The predicted octanol–water partition coefficient (Wildman–Crippen LogP) is 7.15. The van der Waals surface area contributed by atoms with Gasteiger partial charge in [-0.2, -0.15) is 0 Å². The maximum absolute atomic E-state index is 13.0. The molecule has 1 fully saturated rings. The van der Waals surface area contributed by atoms with Gasteiger partial charge in [0.1, 0.15) is 18.1 Å².